The highest BCUT2D eigenvalue weighted by Crippen LogP contribution is 2.42. The van der Waals surface area contributed by atoms with Crippen LogP contribution in [0.5, 0.6) is 5.75 Å². The third-order valence-corrected chi connectivity index (χ3v) is 3.19. The average molecular weight is 350 g/mol. The minimum Gasteiger partial charge on any atom is -0.488 e. The van der Waals surface area contributed by atoms with Crippen LogP contribution in [0.3, 0.4) is 0 Å². The highest BCUT2D eigenvalue weighted by Gasteiger charge is 2.40. The molecule has 8 heteroatoms. The third-order valence-electron chi connectivity index (χ3n) is 3.19. The van der Waals surface area contributed by atoms with Gasteiger partial charge in [0.05, 0.1) is 17.7 Å². The zero-order valence-corrected chi connectivity index (χ0v) is 12.1. The van der Waals surface area contributed by atoms with Gasteiger partial charge in [0.15, 0.2) is 0 Å². The predicted octanol–water partition coefficient (Wildman–Crippen LogP) is 4.80. The van der Waals surface area contributed by atoms with Crippen molar-refractivity contribution in [2.45, 2.75) is 25.6 Å². The Morgan fingerprint density at radius 2 is 1.50 bits per heavy atom. The van der Waals surface area contributed by atoms with Crippen LogP contribution in [0.4, 0.5) is 26.3 Å². The summed E-state index contributed by atoms with van der Waals surface area (Å²) in [6.07, 6.45) is -10.0. The molecule has 0 saturated heterocycles. The van der Waals surface area contributed by atoms with Crippen molar-refractivity contribution in [3.05, 3.63) is 64.7 Å². The molecule has 0 aliphatic heterocycles. The highest BCUT2D eigenvalue weighted by molar-refractivity contribution is 5.47. The lowest BCUT2D eigenvalue weighted by atomic mass is 10.0. The fourth-order valence-electron chi connectivity index (χ4n) is 2.08. The Balaban J connectivity index is 2.48. The van der Waals surface area contributed by atoms with Gasteiger partial charge in [-0.05, 0) is 17.7 Å². The molecule has 0 atom stereocenters. The third kappa shape index (κ3) is 4.19. The zero-order valence-electron chi connectivity index (χ0n) is 12.1. The molecule has 2 nitrogen and oxygen atoms in total. The summed E-state index contributed by atoms with van der Waals surface area (Å²) in [5.41, 5.74) is -3.11. The first-order valence-corrected chi connectivity index (χ1v) is 6.72. The summed E-state index contributed by atoms with van der Waals surface area (Å²) in [7, 11) is 0. The Morgan fingerprint density at radius 3 is 2.00 bits per heavy atom. The maximum absolute atomic E-state index is 13.1. The molecule has 0 heterocycles. The van der Waals surface area contributed by atoms with E-state index in [4.69, 9.17) is 4.74 Å². The van der Waals surface area contributed by atoms with Gasteiger partial charge in [0.25, 0.3) is 0 Å². The number of aliphatic hydroxyl groups is 1. The molecular weight excluding hydrogens is 338 g/mol. The highest BCUT2D eigenvalue weighted by atomic mass is 19.4. The second kappa shape index (κ2) is 6.72. The van der Waals surface area contributed by atoms with Crippen LogP contribution in [-0.2, 0) is 25.6 Å². The van der Waals surface area contributed by atoms with E-state index in [2.05, 4.69) is 0 Å². The summed E-state index contributed by atoms with van der Waals surface area (Å²) < 4.78 is 82.8. The molecule has 1 N–H and O–H groups in total. The first kappa shape index (κ1) is 18.1. The summed E-state index contributed by atoms with van der Waals surface area (Å²) >= 11 is 0. The normalized spacial score (nSPS) is 12.3. The van der Waals surface area contributed by atoms with Crippen molar-refractivity contribution in [3.8, 4) is 5.75 Å². The number of aliphatic hydroxyl groups excluding tert-OH is 1. The molecule has 0 fully saturated rings. The Morgan fingerprint density at radius 1 is 0.875 bits per heavy atom. The Bertz CT molecular complexity index is 692. The Hall–Kier alpha value is -2.22. The summed E-state index contributed by atoms with van der Waals surface area (Å²) in [6, 6.07) is 8.61. The van der Waals surface area contributed by atoms with Crippen molar-refractivity contribution in [3.63, 3.8) is 0 Å². The van der Waals surface area contributed by atoms with Crippen LogP contribution >= 0.6 is 0 Å². The number of halogens is 6. The quantitative estimate of drug-likeness (QED) is 0.803. The van der Waals surface area contributed by atoms with Crippen molar-refractivity contribution < 1.29 is 36.2 Å². The van der Waals surface area contributed by atoms with E-state index in [0.29, 0.717) is 11.6 Å². The van der Waals surface area contributed by atoms with Crippen molar-refractivity contribution in [1.82, 2.24) is 0 Å². The number of rotatable bonds is 4. The molecule has 0 bridgehead atoms. The van der Waals surface area contributed by atoms with Crippen LogP contribution in [0, 0.1) is 0 Å². The fraction of sp³-hybridized carbons (Fsp3) is 0.250. The molecule has 0 radical (unpaired) electrons. The second-order valence-electron chi connectivity index (χ2n) is 4.94. The van der Waals surface area contributed by atoms with E-state index in [-0.39, 0.29) is 12.7 Å². The molecule has 2 aromatic carbocycles. The number of hydrogen-bond acceptors (Lipinski definition) is 2. The molecule has 0 saturated carbocycles. The molecule has 0 amide bonds. The molecule has 0 unspecified atom stereocenters. The van der Waals surface area contributed by atoms with Crippen LogP contribution in [0.15, 0.2) is 42.5 Å². The van der Waals surface area contributed by atoms with Crippen LogP contribution in [0.1, 0.15) is 22.3 Å². The number of benzene rings is 2. The van der Waals surface area contributed by atoms with E-state index >= 15 is 0 Å². The average Bonchev–Trinajstić information content (AvgIpc) is 2.51. The topological polar surface area (TPSA) is 29.5 Å². The van der Waals surface area contributed by atoms with Crippen LogP contribution in [-0.4, -0.2) is 5.11 Å². The SMILES string of the molecule is OCc1cc(C(F)(F)F)cc(C(F)(F)F)c1OCc1ccccc1. The predicted molar refractivity (Wildman–Crippen MR) is 73.1 cm³/mol. The minimum atomic E-state index is -5.06. The smallest absolute Gasteiger partial charge is 0.419 e. The molecule has 2 aromatic rings. The van der Waals surface area contributed by atoms with E-state index in [9.17, 15) is 31.4 Å². The van der Waals surface area contributed by atoms with Crippen molar-refractivity contribution in [2.24, 2.45) is 0 Å². The molecule has 0 aliphatic rings. The monoisotopic (exact) mass is 350 g/mol. The molecule has 0 spiro atoms. The zero-order chi connectivity index (χ0) is 18.0. The van der Waals surface area contributed by atoms with Gasteiger partial charge in [-0.15, -0.1) is 0 Å². The number of alkyl halides is 6. The summed E-state index contributed by atoms with van der Waals surface area (Å²) in [6.45, 7) is -1.29. The Kier molecular flexibility index (Phi) is 5.08. The largest absolute Gasteiger partial charge is 0.488 e. The maximum Gasteiger partial charge on any atom is 0.419 e. The Labute approximate surface area is 133 Å². The second-order valence-corrected chi connectivity index (χ2v) is 4.94. The van der Waals surface area contributed by atoms with E-state index in [1.807, 2.05) is 0 Å². The first-order valence-electron chi connectivity index (χ1n) is 6.72. The fourth-order valence-corrected chi connectivity index (χ4v) is 2.08. The molecule has 0 aromatic heterocycles. The van der Waals surface area contributed by atoms with E-state index < -0.39 is 41.4 Å². The van der Waals surface area contributed by atoms with Gasteiger partial charge in [-0.3, -0.25) is 0 Å². The van der Waals surface area contributed by atoms with Crippen LogP contribution in [0.2, 0.25) is 0 Å². The van der Waals surface area contributed by atoms with Gasteiger partial charge >= 0.3 is 12.4 Å². The number of ether oxygens (including phenoxy) is 1. The standard InChI is InChI=1S/C16H12F6O2/c17-15(18,19)12-6-11(8-23)14(13(7-12)16(20,21)22)24-9-10-4-2-1-3-5-10/h1-7,23H,8-9H2. The molecule has 24 heavy (non-hydrogen) atoms. The van der Waals surface area contributed by atoms with Crippen molar-refractivity contribution in [2.75, 3.05) is 0 Å². The first-order chi connectivity index (χ1) is 11.1. The van der Waals surface area contributed by atoms with E-state index in [1.54, 1.807) is 30.3 Å². The lowest BCUT2D eigenvalue weighted by molar-refractivity contribution is -0.144. The van der Waals surface area contributed by atoms with Crippen molar-refractivity contribution in [1.29, 1.82) is 0 Å². The van der Waals surface area contributed by atoms with Crippen LogP contribution < -0.4 is 4.74 Å². The van der Waals surface area contributed by atoms with E-state index in [0.717, 1.165) is 0 Å². The lowest BCUT2D eigenvalue weighted by Crippen LogP contribution is -2.15. The number of hydrogen-bond donors (Lipinski definition) is 1. The van der Waals surface area contributed by atoms with E-state index in [1.165, 1.54) is 0 Å². The molecule has 130 valence electrons. The molecular formula is C16H12F6O2. The van der Waals surface area contributed by atoms with Gasteiger partial charge in [0.1, 0.15) is 12.4 Å². The van der Waals surface area contributed by atoms with Gasteiger partial charge in [-0.2, -0.15) is 26.3 Å². The maximum atomic E-state index is 13.1. The van der Waals surface area contributed by atoms with Gasteiger partial charge in [0.2, 0.25) is 0 Å². The van der Waals surface area contributed by atoms with Crippen LogP contribution in [0.25, 0.3) is 0 Å². The summed E-state index contributed by atoms with van der Waals surface area (Å²) in [4.78, 5) is 0. The molecule has 2 rings (SSSR count). The van der Waals surface area contributed by atoms with Crippen molar-refractivity contribution >= 4 is 0 Å². The van der Waals surface area contributed by atoms with Gasteiger partial charge in [-0.1, -0.05) is 30.3 Å². The van der Waals surface area contributed by atoms with Gasteiger partial charge < -0.3 is 9.84 Å². The minimum absolute atomic E-state index is 0.0144. The lowest BCUT2D eigenvalue weighted by Gasteiger charge is -2.19. The van der Waals surface area contributed by atoms with Gasteiger partial charge in [-0.25, -0.2) is 0 Å². The summed E-state index contributed by atoms with van der Waals surface area (Å²) in [5, 5.41) is 9.18. The summed E-state index contributed by atoms with van der Waals surface area (Å²) in [5.74, 6) is -0.804. The van der Waals surface area contributed by atoms with Gasteiger partial charge in [0, 0.05) is 5.56 Å². The molecule has 0 aliphatic carbocycles.